The molecule has 6 N–H and O–H groups in total. The van der Waals surface area contributed by atoms with Gasteiger partial charge in [0, 0.05) is 18.7 Å². The third-order valence-corrected chi connectivity index (χ3v) is 6.20. The number of carbonyl (C=O) groups is 3. The summed E-state index contributed by atoms with van der Waals surface area (Å²) in [4.78, 5) is 38.5. The molecule has 1 aromatic rings. The van der Waals surface area contributed by atoms with E-state index in [1.165, 1.54) is 0 Å². The van der Waals surface area contributed by atoms with Gasteiger partial charge in [0.15, 0.2) is 0 Å². The van der Waals surface area contributed by atoms with E-state index in [0.29, 0.717) is 25.1 Å². The Morgan fingerprint density at radius 3 is 2.35 bits per heavy atom. The molecule has 1 aromatic carbocycles. The van der Waals surface area contributed by atoms with Gasteiger partial charge in [-0.25, -0.2) is 0 Å². The highest BCUT2D eigenvalue weighted by molar-refractivity contribution is 5.95. The van der Waals surface area contributed by atoms with Crippen LogP contribution < -0.4 is 16.4 Å². The number of carboxylic acids is 1. The lowest BCUT2D eigenvalue weighted by Gasteiger charge is -2.43. The molecule has 2 fully saturated rings. The number of nitrogens with one attached hydrogen (secondary N) is 3. The van der Waals surface area contributed by atoms with Crippen molar-refractivity contribution in [2.45, 2.75) is 57.2 Å². The van der Waals surface area contributed by atoms with Crippen LogP contribution in [-0.4, -0.2) is 58.8 Å². The van der Waals surface area contributed by atoms with Crippen molar-refractivity contribution in [3.05, 3.63) is 35.4 Å². The van der Waals surface area contributed by atoms with Crippen LogP contribution in [-0.2, 0) is 20.9 Å². The normalized spacial score (nSPS) is 19.9. The summed E-state index contributed by atoms with van der Waals surface area (Å²) >= 11 is 0. The molecule has 0 radical (unpaired) electrons. The predicted molar refractivity (Wildman–Crippen MR) is 115 cm³/mol. The van der Waals surface area contributed by atoms with Crippen molar-refractivity contribution in [1.82, 2.24) is 15.5 Å². The summed E-state index contributed by atoms with van der Waals surface area (Å²) in [7, 11) is 0. The summed E-state index contributed by atoms with van der Waals surface area (Å²) in [5.41, 5.74) is 6.94. The van der Waals surface area contributed by atoms with E-state index in [-0.39, 0.29) is 30.1 Å². The van der Waals surface area contributed by atoms with E-state index in [1.54, 1.807) is 29.2 Å². The summed E-state index contributed by atoms with van der Waals surface area (Å²) in [6.07, 6.45) is 5.59. The highest BCUT2D eigenvalue weighted by atomic mass is 16.4. The zero-order chi connectivity index (χ0) is 22.4. The van der Waals surface area contributed by atoms with E-state index in [1.807, 2.05) is 0 Å². The second-order valence-corrected chi connectivity index (χ2v) is 8.31. The molecule has 2 aliphatic rings. The summed E-state index contributed by atoms with van der Waals surface area (Å²) in [5, 5.41) is 22.3. The molecule has 0 spiro atoms. The molecule has 1 aliphatic heterocycles. The Balaban J connectivity index is 1.58. The molecule has 31 heavy (non-hydrogen) atoms. The summed E-state index contributed by atoms with van der Waals surface area (Å²) in [6.45, 7) is 0.551. The van der Waals surface area contributed by atoms with Crippen LogP contribution in [0, 0.1) is 11.3 Å². The van der Waals surface area contributed by atoms with Crippen LogP contribution in [0.25, 0.3) is 0 Å². The quantitative estimate of drug-likeness (QED) is 0.290. The van der Waals surface area contributed by atoms with E-state index in [4.69, 9.17) is 16.2 Å². The van der Waals surface area contributed by atoms with Crippen molar-refractivity contribution in [2.75, 3.05) is 13.1 Å². The van der Waals surface area contributed by atoms with Crippen LogP contribution in [0.3, 0.4) is 0 Å². The number of amidine groups is 1. The molecule has 2 amide bonds. The average molecular weight is 430 g/mol. The minimum absolute atomic E-state index is 0.0109. The highest BCUT2D eigenvalue weighted by Crippen LogP contribution is 2.29. The Labute approximate surface area is 181 Å². The van der Waals surface area contributed by atoms with Crippen LogP contribution >= 0.6 is 0 Å². The van der Waals surface area contributed by atoms with Gasteiger partial charge in [0.05, 0.1) is 12.6 Å². The highest BCUT2D eigenvalue weighted by Gasteiger charge is 2.42. The number of rotatable bonds is 9. The van der Waals surface area contributed by atoms with Gasteiger partial charge in [-0.05, 0) is 30.7 Å². The van der Waals surface area contributed by atoms with Gasteiger partial charge >= 0.3 is 5.97 Å². The fourth-order valence-corrected chi connectivity index (χ4v) is 4.33. The maximum absolute atomic E-state index is 13.2. The first-order chi connectivity index (χ1) is 14.9. The predicted octanol–water partition coefficient (Wildman–Crippen LogP) is 0.811. The van der Waals surface area contributed by atoms with Gasteiger partial charge in [-0.2, -0.15) is 0 Å². The van der Waals surface area contributed by atoms with Crippen molar-refractivity contribution < 1.29 is 19.5 Å². The lowest BCUT2D eigenvalue weighted by molar-refractivity contribution is -0.150. The average Bonchev–Trinajstić information content (AvgIpc) is 2.72. The number of carboxylic acid groups (broad SMARTS) is 1. The molecule has 1 aliphatic carbocycles. The Kier molecular flexibility index (Phi) is 7.62. The van der Waals surface area contributed by atoms with E-state index in [2.05, 4.69) is 10.6 Å². The summed E-state index contributed by atoms with van der Waals surface area (Å²) in [6, 6.07) is 5.97. The molecular weight excluding hydrogens is 398 g/mol. The van der Waals surface area contributed by atoms with E-state index in [9.17, 15) is 14.4 Å². The Morgan fingerprint density at radius 1 is 1.13 bits per heavy atom. The topological polar surface area (TPSA) is 149 Å². The monoisotopic (exact) mass is 429 g/mol. The molecule has 3 rings (SSSR count). The van der Waals surface area contributed by atoms with Crippen molar-refractivity contribution in [3.63, 3.8) is 0 Å². The third kappa shape index (κ3) is 5.81. The van der Waals surface area contributed by atoms with Gasteiger partial charge < -0.3 is 21.1 Å². The third-order valence-electron chi connectivity index (χ3n) is 6.20. The van der Waals surface area contributed by atoms with Crippen molar-refractivity contribution in [1.29, 1.82) is 5.41 Å². The fraction of sp³-hybridized carbons (Fsp3) is 0.545. The Morgan fingerprint density at radius 2 is 1.81 bits per heavy atom. The maximum atomic E-state index is 13.2. The lowest BCUT2D eigenvalue weighted by Crippen LogP contribution is -2.63. The molecule has 9 nitrogen and oxygen atoms in total. The first-order valence-electron chi connectivity index (χ1n) is 10.8. The standard InChI is InChI=1S/C22H31N5O4/c23-20(24)16-8-6-14(7-9-16)12-26-21(30)17-10-11-27(17)22(31)19(25-13-18(28)29)15-4-2-1-3-5-15/h6-9,15,17,19,25H,1-5,10-13H2,(H3,23,24)(H,26,30)(H,28,29)/t17-,19-/m1/s1. The minimum Gasteiger partial charge on any atom is -0.480 e. The van der Waals surface area contributed by atoms with Crippen LogP contribution in [0.5, 0.6) is 0 Å². The van der Waals surface area contributed by atoms with Gasteiger partial charge in [0.1, 0.15) is 11.9 Å². The second kappa shape index (κ2) is 10.4. The molecule has 1 saturated heterocycles. The number of benzene rings is 1. The van der Waals surface area contributed by atoms with E-state index < -0.39 is 18.1 Å². The smallest absolute Gasteiger partial charge is 0.317 e. The molecule has 1 saturated carbocycles. The molecule has 168 valence electrons. The number of likely N-dealkylation sites (tertiary alicyclic amines) is 1. The van der Waals surface area contributed by atoms with Crippen LogP contribution in [0.15, 0.2) is 24.3 Å². The summed E-state index contributed by atoms with van der Waals surface area (Å²) in [5.74, 6) is -1.29. The minimum atomic E-state index is -0.998. The van der Waals surface area contributed by atoms with Gasteiger partial charge in [-0.1, -0.05) is 43.5 Å². The largest absolute Gasteiger partial charge is 0.480 e. The first kappa shape index (κ1) is 22.7. The molecule has 0 unspecified atom stereocenters. The van der Waals surface area contributed by atoms with Gasteiger partial charge in [0.25, 0.3) is 0 Å². The van der Waals surface area contributed by atoms with Crippen molar-refractivity contribution in [2.24, 2.45) is 11.7 Å². The molecule has 0 bridgehead atoms. The molecule has 9 heteroatoms. The number of amides is 2. The molecule has 1 heterocycles. The number of aliphatic carboxylic acids is 1. The zero-order valence-electron chi connectivity index (χ0n) is 17.6. The van der Waals surface area contributed by atoms with Crippen LogP contribution in [0.2, 0.25) is 0 Å². The van der Waals surface area contributed by atoms with Crippen molar-refractivity contribution >= 4 is 23.6 Å². The SMILES string of the molecule is N=C(N)c1ccc(CNC(=O)[C@H]2CCN2C(=O)[C@H](NCC(=O)O)C2CCCCC2)cc1. The van der Waals surface area contributed by atoms with Crippen molar-refractivity contribution in [3.8, 4) is 0 Å². The Bertz CT molecular complexity index is 820. The number of nitrogens with two attached hydrogens (primary N) is 1. The zero-order valence-corrected chi connectivity index (χ0v) is 17.6. The Hall–Kier alpha value is -2.94. The maximum Gasteiger partial charge on any atom is 0.317 e. The molecule has 0 aromatic heterocycles. The number of hydrogen-bond acceptors (Lipinski definition) is 5. The van der Waals surface area contributed by atoms with Crippen LogP contribution in [0.4, 0.5) is 0 Å². The first-order valence-corrected chi connectivity index (χ1v) is 10.8. The van der Waals surface area contributed by atoms with E-state index >= 15 is 0 Å². The number of nitrogen functional groups attached to an aromatic ring is 1. The van der Waals surface area contributed by atoms with E-state index in [0.717, 1.165) is 37.7 Å². The fourth-order valence-electron chi connectivity index (χ4n) is 4.33. The number of nitrogens with zero attached hydrogens (tertiary/aromatic N) is 1. The lowest BCUT2D eigenvalue weighted by atomic mass is 9.82. The van der Waals surface area contributed by atoms with Gasteiger partial charge in [-0.3, -0.25) is 25.1 Å². The number of carbonyl (C=O) groups excluding carboxylic acids is 2. The number of hydrogen-bond donors (Lipinski definition) is 5. The van der Waals surface area contributed by atoms with Gasteiger partial charge in [-0.15, -0.1) is 0 Å². The molecule has 2 atom stereocenters. The summed E-state index contributed by atoms with van der Waals surface area (Å²) < 4.78 is 0. The van der Waals surface area contributed by atoms with Crippen LogP contribution in [0.1, 0.15) is 49.7 Å². The second-order valence-electron chi connectivity index (χ2n) is 8.31. The van der Waals surface area contributed by atoms with Gasteiger partial charge in [0.2, 0.25) is 11.8 Å². The molecular formula is C22H31N5O4.